The zero-order valence-corrected chi connectivity index (χ0v) is 18.5. The first-order chi connectivity index (χ1) is 16.0. The Morgan fingerprint density at radius 3 is 2.42 bits per heavy atom. The van der Waals surface area contributed by atoms with E-state index in [1.165, 1.54) is 17.0 Å². The fourth-order valence-corrected chi connectivity index (χ4v) is 3.75. The molecule has 0 bridgehead atoms. The molecule has 2 amide bonds. The molecule has 0 saturated carbocycles. The molecule has 1 heterocycles. The van der Waals surface area contributed by atoms with Gasteiger partial charge in [-0.1, -0.05) is 43.3 Å². The zero-order chi connectivity index (χ0) is 23.4. The summed E-state index contributed by atoms with van der Waals surface area (Å²) < 4.78 is 13.4. The fourth-order valence-electron chi connectivity index (χ4n) is 3.75. The van der Waals surface area contributed by atoms with Crippen molar-refractivity contribution in [1.29, 1.82) is 0 Å². The summed E-state index contributed by atoms with van der Waals surface area (Å²) in [6.07, 6.45) is 0.792. The quantitative estimate of drug-likeness (QED) is 0.441. The molecule has 0 fully saturated rings. The molecule has 1 N–H and O–H groups in total. The molecule has 0 unspecified atom stereocenters. The third-order valence-corrected chi connectivity index (χ3v) is 5.49. The maximum atomic E-state index is 13.4. The summed E-state index contributed by atoms with van der Waals surface area (Å²) in [4.78, 5) is 32.1. The number of benzene rings is 3. The van der Waals surface area contributed by atoms with Gasteiger partial charge in [0.25, 0.3) is 5.91 Å². The number of anilines is 1. The lowest BCUT2D eigenvalue weighted by Crippen LogP contribution is -2.35. The normalized spacial score (nSPS) is 10.8. The van der Waals surface area contributed by atoms with E-state index in [0.717, 1.165) is 17.7 Å². The number of halogens is 1. The molecule has 5 nitrogen and oxygen atoms in total. The number of aryl methyl sites for hydroxylation is 1. The van der Waals surface area contributed by atoms with Crippen LogP contribution in [0.5, 0.6) is 0 Å². The highest BCUT2D eigenvalue weighted by atomic mass is 19.1. The van der Waals surface area contributed by atoms with Gasteiger partial charge >= 0.3 is 0 Å². The molecular formula is C27H24FN3O2. The minimum atomic E-state index is -0.341. The van der Waals surface area contributed by atoms with Crippen molar-refractivity contribution in [2.75, 3.05) is 18.9 Å². The second-order valence-electron chi connectivity index (χ2n) is 7.80. The molecule has 3 aromatic carbocycles. The van der Waals surface area contributed by atoms with E-state index in [1.807, 2.05) is 55.5 Å². The van der Waals surface area contributed by atoms with Crippen LogP contribution in [0.3, 0.4) is 0 Å². The average molecular weight is 442 g/mol. The Bertz CT molecular complexity index is 1320. The largest absolute Gasteiger partial charge is 0.332 e. The highest BCUT2D eigenvalue weighted by Gasteiger charge is 2.20. The van der Waals surface area contributed by atoms with Crippen LogP contribution < -0.4 is 5.32 Å². The van der Waals surface area contributed by atoms with Gasteiger partial charge in [0.05, 0.1) is 23.3 Å². The molecule has 1 aromatic heterocycles. The van der Waals surface area contributed by atoms with Crippen molar-refractivity contribution in [1.82, 2.24) is 9.88 Å². The fraction of sp³-hybridized carbons (Fsp3) is 0.148. The number of para-hydroxylation sites is 2. The predicted molar refractivity (Wildman–Crippen MR) is 129 cm³/mol. The summed E-state index contributed by atoms with van der Waals surface area (Å²) in [5, 5.41) is 3.59. The molecule has 4 rings (SSSR count). The highest BCUT2D eigenvalue weighted by molar-refractivity contribution is 6.08. The second-order valence-corrected chi connectivity index (χ2v) is 7.80. The van der Waals surface area contributed by atoms with Crippen LogP contribution >= 0.6 is 0 Å². The average Bonchev–Trinajstić information content (AvgIpc) is 2.83. The van der Waals surface area contributed by atoms with E-state index in [2.05, 4.69) is 10.3 Å². The van der Waals surface area contributed by atoms with Crippen LogP contribution in [0, 0.1) is 5.82 Å². The molecule has 0 radical (unpaired) electrons. The number of amides is 2. The van der Waals surface area contributed by atoms with Gasteiger partial charge in [-0.15, -0.1) is 0 Å². The number of hydrogen-bond acceptors (Lipinski definition) is 3. The van der Waals surface area contributed by atoms with E-state index in [-0.39, 0.29) is 24.2 Å². The molecular weight excluding hydrogens is 417 g/mol. The van der Waals surface area contributed by atoms with Crippen LogP contribution in [-0.4, -0.2) is 35.3 Å². The maximum Gasteiger partial charge on any atom is 0.254 e. The smallest absolute Gasteiger partial charge is 0.254 e. The lowest BCUT2D eigenvalue weighted by Gasteiger charge is -2.19. The van der Waals surface area contributed by atoms with Gasteiger partial charge in [-0.3, -0.25) is 9.59 Å². The molecule has 0 aliphatic heterocycles. The van der Waals surface area contributed by atoms with Crippen molar-refractivity contribution >= 4 is 28.4 Å². The SMILES string of the molecule is CCc1ccccc1NC(=O)CN(C)C(=O)c1cc(-c2ccc(F)cc2)nc2ccccc12. The summed E-state index contributed by atoms with van der Waals surface area (Å²) >= 11 is 0. The van der Waals surface area contributed by atoms with Crippen LogP contribution in [0.25, 0.3) is 22.2 Å². The van der Waals surface area contributed by atoms with Crippen LogP contribution in [-0.2, 0) is 11.2 Å². The Hall–Kier alpha value is -4.06. The highest BCUT2D eigenvalue weighted by Crippen LogP contribution is 2.26. The van der Waals surface area contributed by atoms with Crippen LogP contribution in [0.4, 0.5) is 10.1 Å². The number of likely N-dealkylation sites (N-methyl/N-ethyl adjacent to an activating group) is 1. The lowest BCUT2D eigenvalue weighted by molar-refractivity contribution is -0.116. The van der Waals surface area contributed by atoms with Crippen molar-refractivity contribution in [3.8, 4) is 11.3 Å². The Morgan fingerprint density at radius 1 is 0.970 bits per heavy atom. The molecule has 0 spiro atoms. The summed E-state index contributed by atoms with van der Waals surface area (Å²) in [5.41, 5.74) is 4.13. The van der Waals surface area contributed by atoms with E-state index < -0.39 is 0 Å². The van der Waals surface area contributed by atoms with E-state index in [4.69, 9.17) is 0 Å². The van der Waals surface area contributed by atoms with Crippen molar-refractivity contribution in [2.24, 2.45) is 0 Å². The monoisotopic (exact) mass is 441 g/mol. The van der Waals surface area contributed by atoms with Gasteiger partial charge in [-0.05, 0) is 54.4 Å². The number of carbonyl (C=O) groups excluding carboxylic acids is 2. The Morgan fingerprint density at radius 2 is 1.67 bits per heavy atom. The Labute approximate surface area is 191 Å². The topological polar surface area (TPSA) is 62.3 Å². The lowest BCUT2D eigenvalue weighted by atomic mass is 10.0. The standard InChI is InChI=1S/C27H24FN3O2/c1-3-18-8-4-6-10-23(18)30-26(32)17-31(2)27(33)22-16-25(19-12-14-20(28)15-13-19)29-24-11-7-5-9-21(22)24/h4-16H,3,17H2,1-2H3,(H,30,32). The van der Waals surface area contributed by atoms with Crippen LogP contribution in [0.2, 0.25) is 0 Å². The van der Waals surface area contributed by atoms with Gasteiger partial charge in [0.1, 0.15) is 5.82 Å². The molecule has 33 heavy (non-hydrogen) atoms. The van der Waals surface area contributed by atoms with E-state index in [0.29, 0.717) is 27.7 Å². The predicted octanol–water partition coefficient (Wildman–Crippen LogP) is 5.31. The number of carbonyl (C=O) groups is 2. The number of fused-ring (bicyclic) bond motifs is 1. The first kappa shape index (κ1) is 22.1. The molecule has 4 aromatic rings. The van der Waals surface area contributed by atoms with Gasteiger partial charge in [0.15, 0.2) is 0 Å². The molecule has 166 valence electrons. The van der Waals surface area contributed by atoms with E-state index in [1.54, 1.807) is 25.2 Å². The third-order valence-electron chi connectivity index (χ3n) is 5.49. The van der Waals surface area contributed by atoms with Gasteiger partial charge in [-0.2, -0.15) is 0 Å². The Kier molecular flexibility index (Phi) is 6.45. The van der Waals surface area contributed by atoms with E-state index in [9.17, 15) is 14.0 Å². The number of hydrogen-bond donors (Lipinski definition) is 1. The number of nitrogens with zero attached hydrogens (tertiary/aromatic N) is 2. The van der Waals surface area contributed by atoms with Crippen molar-refractivity contribution in [3.63, 3.8) is 0 Å². The molecule has 0 saturated heterocycles. The first-order valence-corrected chi connectivity index (χ1v) is 10.7. The summed E-state index contributed by atoms with van der Waals surface area (Å²) in [7, 11) is 1.60. The minimum absolute atomic E-state index is 0.0978. The van der Waals surface area contributed by atoms with E-state index >= 15 is 0 Å². The third kappa shape index (κ3) is 4.90. The molecule has 0 aliphatic carbocycles. The van der Waals surface area contributed by atoms with Crippen molar-refractivity contribution in [3.05, 3.63) is 95.8 Å². The van der Waals surface area contributed by atoms with Crippen molar-refractivity contribution in [2.45, 2.75) is 13.3 Å². The second kappa shape index (κ2) is 9.61. The van der Waals surface area contributed by atoms with Gasteiger partial charge in [0, 0.05) is 23.7 Å². The summed E-state index contributed by atoms with van der Waals surface area (Å²) in [6, 6.07) is 22.6. The summed E-state index contributed by atoms with van der Waals surface area (Å²) in [6.45, 7) is 1.92. The Balaban J connectivity index is 1.61. The number of rotatable bonds is 6. The molecule has 0 atom stereocenters. The minimum Gasteiger partial charge on any atom is -0.332 e. The number of aromatic nitrogens is 1. The zero-order valence-electron chi connectivity index (χ0n) is 18.5. The van der Waals surface area contributed by atoms with Crippen LogP contribution in [0.15, 0.2) is 78.9 Å². The number of pyridine rings is 1. The van der Waals surface area contributed by atoms with Gasteiger partial charge in [-0.25, -0.2) is 9.37 Å². The van der Waals surface area contributed by atoms with Crippen LogP contribution in [0.1, 0.15) is 22.8 Å². The first-order valence-electron chi connectivity index (χ1n) is 10.7. The van der Waals surface area contributed by atoms with Crippen molar-refractivity contribution < 1.29 is 14.0 Å². The molecule has 6 heteroatoms. The summed E-state index contributed by atoms with van der Waals surface area (Å²) in [5.74, 6) is -0.911. The van der Waals surface area contributed by atoms with Gasteiger partial charge < -0.3 is 10.2 Å². The molecule has 0 aliphatic rings. The maximum absolute atomic E-state index is 13.4. The number of nitrogens with one attached hydrogen (secondary N) is 1. The van der Waals surface area contributed by atoms with Gasteiger partial charge in [0.2, 0.25) is 5.91 Å².